The van der Waals surface area contributed by atoms with Crippen LogP contribution in [0.2, 0.25) is 5.02 Å². The van der Waals surface area contributed by atoms with Gasteiger partial charge in [0.15, 0.2) is 6.10 Å². The minimum absolute atomic E-state index is 0.396. The lowest BCUT2D eigenvalue weighted by Crippen LogP contribution is -2.45. The van der Waals surface area contributed by atoms with E-state index in [1.807, 2.05) is 0 Å². The van der Waals surface area contributed by atoms with Gasteiger partial charge in [0.25, 0.3) is 5.91 Å². The summed E-state index contributed by atoms with van der Waals surface area (Å²) < 4.78 is 9.94. The van der Waals surface area contributed by atoms with E-state index in [-0.39, 0.29) is 0 Å². The van der Waals surface area contributed by atoms with Crippen LogP contribution in [-0.4, -0.2) is 31.1 Å². The zero-order chi connectivity index (χ0) is 14.4. The maximum absolute atomic E-state index is 11.8. The third kappa shape index (κ3) is 4.79. The molecular formula is C13H16ClNO4. The maximum atomic E-state index is 11.8. The van der Waals surface area contributed by atoms with E-state index in [1.54, 1.807) is 38.1 Å². The van der Waals surface area contributed by atoms with Gasteiger partial charge in [-0.05, 0) is 38.1 Å². The van der Waals surface area contributed by atoms with Gasteiger partial charge in [-0.1, -0.05) is 11.6 Å². The van der Waals surface area contributed by atoms with Crippen molar-refractivity contribution in [2.45, 2.75) is 26.0 Å². The summed E-state index contributed by atoms with van der Waals surface area (Å²) in [6, 6.07) is 5.94. The summed E-state index contributed by atoms with van der Waals surface area (Å²) in [5.74, 6) is -0.377. The highest BCUT2D eigenvalue weighted by Gasteiger charge is 2.21. The Hall–Kier alpha value is -1.75. The number of methoxy groups -OCH3 is 1. The molecule has 1 aromatic rings. The highest BCUT2D eigenvalue weighted by molar-refractivity contribution is 6.30. The number of rotatable bonds is 5. The molecule has 1 aromatic carbocycles. The van der Waals surface area contributed by atoms with Crippen LogP contribution < -0.4 is 10.1 Å². The second-order valence-electron chi connectivity index (χ2n) is 3.97. The summed E-state index contributed by atoms with van der Waals surface area (Å²) >= 11 is 5.74. The van der Waals surface area contributed by atoms with Gasteiger partial charge in [-0.25, -0.2) is 4.79 Å². The van der Waals surface area contributed by atoms with Crippen molar-refractivity contribution < 1.29 is 19.1 Å². The molecule has 0 saturated carbocycles. The van der Waals surface area contributed by atoms with Crippen molar-refractivity contribution >= 4 is 23.5 Å². The monoisotopic (exact) mass is 285 g/mol. The fraction of sp³-hybridized carbons (Fsp3) is 0.385. The van der Waals surface area contributed by atoms with Crippen molar-refractivity contribution in [2.75, 3.05) is 7.11 Å². The number of amides is 1. The average molecular weight is 286 g/mol. The van der Waals surface area contributed by atoms with Gasteiger partial charge in [0, 0.05) is 5.02 Å². The van der Waals surface area contributed by atoms with Gasteiger partial charge >= 0.3 is 5.97 Å². The summed E-state index contributed by atoms with van der Waals surface area (Å²) in [4.78, 5) is 22.9. The fourth-order valence-electron chi connectivity index (χ4n) is 1.34. The number of hydrogen-bond donors (Lipinski definition) is 1. The SMILES string of the molecule is COC(=O)C(C)NC(=O)C(C)Oc1ccc(Cl)cc1. The largest absolute Gasteiger partial charge is 0.481 e. The molecule has 0 spiro atoms. The number of nitrogens with one attached hydrogen (secondary N) is 1. The lowest BCUT2D eigenvalue weighted by molar-refractivity contribution is -0.145. The first-order chi connectivity index (χ1) is 8.93. The van der Waals surface area contributed by atoms with Crippen LogP contribution >= 0.6 is 11.6 Å². The molecule has 1 amide bonds. The molecule has 0 fully saturated rings. The molecule has 104 valence electrons. The number of esters is 1. The Morgan fingerprint density at radius 3 is 2.32 bits per heavy atom. The van der Waals surface area contributed by atoms with Gasteiger partial charge in [-0.15, -0.1) is 0 Å². The molecular weight excluding hydrogens is 270 g/mol. The second-order valence-corrected chi connectivity index (χ2v) is 4.40. The lowest BCUT2D eigenvalue weighted by atomic mass is 10.3. The molecule has 2 atom stereocenters. The molecule has 0 radical (unpaired) electrons. The number of ether oxygens (including phenoxy) is 2. The second kappa shape index (κ2) is 6.99. The van der Waals surface area contributed by atoms with Crippen molar-refractivity contribution in [2.24, 2.45) is 0 Å². The minimum atomic E-state index is -0.728. The zero-order valence-electron chi connectivity index (χ0n) is 11.0. The summed E-state index contributed by atoms with van der Waals surface area (Å²) in [6.45, 7) is 3.13. The maximum Gasteiger partial charge on any atom is 0.328 e. The molecule has 0 aliphatic carbocycles. The quantitative estimate of drug-likeness (QED) is 0.838. The van der Waals surface area contributed by atoms with E-state index in [1.165, 1.54) is 7.11 Å². The van der Waals surface area contributed by atoms with Crippen molar-refractivity contribution in [3.8, 4) is 5.75 Å². The number of halogens is 1. The Bertz CT molecular complexity index is 446. The number of carbonyl (C=O) groups excluding carboxylic acids is 2. The van der Waals surface area contributed by atoms with E-state index in [0.717, 1.165) is 0 Å². The molecule has 0 saturated heterocycles. The van der Waals surface area contributed by atoms with Crippen LogP contribution in [0.15, 0.2) is 24.3 Å². The van der Waals surface area contributed by atoms with Crippen molar-refractivity contribution in [3.05, 3.63) is 29.3 Å². The molecule has 5 nitrogen and oxygen atoms in total. The predicted octanol–water partition coefficient (Wildman–Crippen LogP) is 1.78. The summed E-state index contributed by atoms with van der Waals surface area (Å²) in [7, 11) is 1.26. The van der Waals surface area contributed by atoms with Crippen molar-refractivity contribution in [1.29, 1.82) is 0 Å². The van der Waals surface area contributed by atoms with Crippen LogP contribution in [-0.2, 0) is 14.3 Å². The van der Waals surface area contributed by atoms with E-state index >= 15 is 0 Å². The molecule has 19 heavy (non-hydrogen) atoms. The molecule has 0 aromatic heterocycles. The third-order valence-electron chi connectivity index (χ3n) is 2.41. The van der Waals surface area contributed by atoms with Gasteiger partial charge in [-0.2, -0.15) is 0 Å². The molecule has 0 aliphatic rings. The van der Waals surface area contributed by atoms with Gasteiger partial charge < -0.3 is 14.8 Å². The van der Waals surface area contributed by atoms with Gasteiger partial charge in [0.1, 0.15) is 11.8 Å². The highest BCUT2D eigenvalue weighted by atomic mass is 35.5. The molecule has 1 rings (SSSR count). The predicted molar refractivity (Wildman–Crippen MR) is 71.2 cm³/mol. The normalized spacial score (nSPS) is 13.3. The smallest absolute Gasteiger partial charge is 0.328 e. The van der Waals surface area contributed by atoms with Crippen LogP contribution in [0.5, 0.6) is 5.75 Å². The van der Waals surface area contributed by atoms with Gasteiger partial charge in [0.05, 0.1) is 7.11 Å². The van der Waals surface area contributed by atoms with Crippen LogP contribution in [0.4, 0.5) is 0 Å². The van der Waals surface area contributed by atoms with E-state index in [0.29, 0.717) is 10.8 Å². The molecule has 6 heteroatoms. The Morgan fingerprint density at radius 1 is 1.21 bits per heavy atom. The van der Waals surface area contributed by atoms with E-state index in [4.69, 9.17) is 16.3 Å². The van der Waals surface area contributed by atoms with E-state index in [9.17, 15) is 9.59 Å². The van der Waals surface area contributed by atoms with E-state index < -0.39 is 24.0 Å². The Kier molecular flexibility index (Phi) is 5.63. The Labute approximate surface area is 116 Å². The molecule has 0 bridgehead atoms. The standard InChI is InChI=1S/C13H16ClNO4/c1-8(13(17)18-3)15-12(16)9(2)19-11-6-4-10(14)5-7-11/h4-9H,1-3H3,(H,15,16). The number of carbonyl (C=O) groups is 2. The van der Waals surface area contributed by atoms with Crippen LogP contribution in [0.1, 0.15) is 13.8 Å². The van der Waals surface area contributed by atoms with E-state index in [2.05, 4.69) is 10.1 Å². The highest BCUT2D eigenvalue weighted by Crippen LogP contribution is 2.16. The molecule has 0 heterocycles. The number of hydrogen-bond acceptors (Lipinski definition) is 4. The fourth-order valence-corrected chi connectivity index (χ4v) is 1.46. The van der Waals surface area contributed by atoms with Crippen LogP contribution in [0.25, 0.3) is 0 Å². The summed E-state index contributed by atoms with van der Waals surface area (Å²) in [5, 5.41) is 3.08. The first-order valence-electron chi connectivity index (χ1n) is 5.74. The first kappa shape index (κ1) is 15.3. The topological polar surface area (TPSA) is 64.6 Å². The van der Waals surface area contributed by atoms with Crippen LogP contribution in [0.3, 0.4) is 0 Å². The molecule has 1 N–H and O–H groups in total. The Morgan fingerprint density at radius 2 is 1.79 bits per heavy atom. The summed E-state index contributed by atoms with van der Waals surface area (Å²) in [6.07, 6.45) is -0.728. The minimum Gasteiger partial charge on any atom is -0.481 e. The van der Waals surface area contributed by atoms with Gasteiger partial charge in [-0.3, -0.25) is 4.79 Å². The first-order valence-corrected chi connectivity index (χ1v) is 6.12. The molecule has 2 unspecified atom stereocenters. The number of benzene rings is 1. The van der Waals surface area contributed by atoms with Crippen molar-refractivity contribution in [3.63, 3.8) is 0 Å². The summed E-state index contributed by atoms with van der Waals surface area (Å²) in [5.41, 5.74) is 0. The Balaban J connectivity index is 2.53. The lowest BCUT2D eigenvalue weighted by Gasteiger charge is -2.17. The van der Waals surface area contributed by atoms with Crippen molar-refractivity contribution in [1.82, 2.24) is 5.32 Å². The third-order valence-corrected chi connectivity index (χ3v) is 2.66. The molecule has 0 aliphatic heterocycles. The van der Waals surface area contributed by atoms with Crippen LogP contribution in [0, 0.1) is 0 Å². The van der Waals surface area contributed by atoms with Gasteiger partial charge in [0.2, 0.25) is 0 Å². The zero-order valence-corrected chi connectivity index (χ0v) is 11.7. The average Bonchev–Trinajstić information content (AvgIpc) is 2.40.